The first-order valence-electron chi connectivity index (χ1n) is 6.56. The van der Waals surface area contributed by atoms with E-state index in [0.29, 0.717) is 0 Å². The lowest BCUT2D eigenvalue weighted by molar-refractivity contribution is 0.403. The van der Waals surface area contributed by atoms with Crippen molar-refractivity contribution in [3.05, 3.63) is 34.8 Å². The second-order valence-corrected chi connectivity index (χ2v) is 6.33. The number of pyridine rings is 1. The van der Waals surface area contributed by atoms with Gasteiger partial charge in [0.2, 0.25) is 0 Å². The largest absolute Gasteiger partial charge is 0.305 e. The second kappa shape index (κ2) is 5.00. The van der Waals surface area contributed by atoms with Crippen LogP contribution in [0.5, 0.6) is 0 Å². The van der Waals surface area contributed by atoms with Gasteiger partial charge in [-0.15, -0.1) is 11.3 Å². The second-order valence-electron chi connectivity index (χ2n) is 5.42. The number of thiophene rings is 1. The van der Waals surface area contributed by atoms with Crippen LogP contribution in [0.25, 0.3) is 21.6 Å². The van der Waals surface area contributed by atoms with Crippen molar-refractivity contribution in [1.29, 1.82) is 0 Å². The molecule has 0 radical (unpaired) electrons. The minimum atomic E-state index is 0.824. The average molecular weight is 286 g/mol. The molecule has 3 aromatic heterocycles. The molecule has 0 aromatic carbocycles. The predicted molar refractivity (Wildman–Crippen MR) is 84.0 cm³/mol. The molecule has 104 valence electrons. The SMILES string of the molecule is Cc1cc(-c2cc(CN(C)C)cs2)nc2nn(C)cc12. The maximum Gasteiger partial charge on any atom is 0.181 e. The highest BCUT2D eigenvalue weighted by molar-refractivity contribution is 7.13. The molecule has 0 unspecified atom stereocenters. The van der Waals surface area contributed by atoms with E-state index in [9.17, 15) is 0 Å². The molecule has 0 saturated carbocycles. The zero-order valence-electron chi connectivity index (χ0n) is 12.2. The molecule has 0 aliphatic rings. The molecule has 0 N–H and O–H groups in total. The average Bonchev–Trinajstić information content (AvgIpc) is 2.94. The molecule has 3 rings (SSSR count). The number of hydrogen-bond acceptors (Lipinski definition) is 4. The Kier molecular flexibility index (Phi) is 3.31. The molecule has 0 fully saturated rings. The van der Waals surface area contributed by atoms with E-state index in [4.69, 9.17) is 0 Å². The summed E-state index contributed by atoms with van der Waals surface area (Å²) in [4.78, 5) is 8.06. The third-order valence-electron chi connectivity index (χ3n) is 3.22. The van der Waals surface area contributed by atoms with Crippen LogP contribution in [0.3, 0.4) is 0 Å². The zero-order chi connectivity index (χ0) is 14.3. The smallest absolute Gasteiger partial charge is 0.181 e. The van der Waals surface area contributed by atoms with Crippen molar-refractivity contribution in [2.75, 3.05) is 14.1 Å². The van der Waals surface area contributed by atoms with Gasteiger partial charge in [0.05, 0.1) is 10.6 Å². The van der Waals surface area contributed by atoms with Crippen molar-refractivity contribution in [3.8, 4) is 10.6 Å². The van der Waals surface area contributed by atoms with Crippen LogP contribution in [0.2, 0.25) is 0 Å². The Morgan fingerprint density at radius 3 is 2.85 bits per heavy atom. The van der Waals surface area contributed by atoms with E-state index < -0.39 is 0 Å². The van der Waals surface area contributed by atoms with Crippen LogP contribution in [0.15, 0.2) is 23.7 Å². The highest BCUT2D eigenvalue weighted by Crippen LogP contribution is 2.29. The van der Waals surface area contributed by atoms with Crippen LogP contribution in [0.1, 0.15) is 11.1 Å². The molecule has 0 spiro atoms. The zero-order valence-corrected chi connectivity index (χ0v) is 13.0. The number of hydrogen-bond donors (Lipinski definition) is 0. The Hall–Kier alpha value is -1.72. The summed E-state index contributed by atoms with van der Waals surface area (Å²) in [7, 11) is 6.10. The topological polar surface area (TPSA) is 34.0 Å². The molecule has 5 heteroatoms. The first-order chi connectivity index (χ1) is 9.52. The van der Waals surface area contributed by atoms with E-state index in [2.05, 4.69) is 53.5 Å². The standard InChI is InChI=1S/C15H18N4S/c1-10-5-13(16-15-12(10)8-19(4)17-15)14-6-11(9-20-14)7-18(2)3/h5-6,8-9H,7H2,1-4H3. The molecule has 0 bridgehead atoms. The summed E-state index contributed by atoms with van der Waals surface area (Å²) >= 11 is 1.74. The number of rotatable bonds is 3. The van der Waals surface area contributed by atoms with Gasteiger partial charge in [0.1, 0.15) is 0 Å². The van der Waals surface area contributed by atoms with Gasteiger partial charge < -0.3 is 4.90 Å². The van der Waals surface area contributed by atoms with E-state index >= 15 is 0 Å². The van der Waals surface area contributed by atoms with Crippen LogP contribution in [0.4, 0.5) is 0 Å². The van der Waals surface area contributed by atoms with Crippen molar-refractivity contribution in [2.45, 2.75) is 13.5 Å². The van der Waals surface area contributed by atoms with E-state index in [1.807, 2.05) is 17.9 Å². The Labute approximate surface area is 122 Å². The van der Waals surface area contributed by atoms with Gasteiger partial charge in [0, 0.05) is 25.2 Å². The van der Waals surface area contributed by atoms with Crippen molar-refractivity contribution >= 4 is 22.4 Å². The van der Waals surface area contributed by atoms with Crippen molar-refractivity contribution in [3.63, 3.8) is 0 Å². The van der Waals surface area contributed by atoms with E-state index in [0.717, 1.165) is 23.3 Å². The highest BCUT2D eigenvalue weighted by atomic mass is 32.1. The lowest BCUT2D eigenvalue weighted by Gasteiger charge is -2.06. The molecule has 0 atom stereocenters. The first-order valence-corrected chi connectivity index (χ1v) is 7.44. The monoisotopic (exact) mass is 286 g/mol. The van der Waals surface area contributed by atoms with Crippen LogP contribution in [0, 0.1) is 6.92 Å². The number of aromatic nitrogens is 3. The molecule has 0 aliphatic heterocycles. The van der Waals surface area contributed by atoms with Crippen LogP contribution in [-0.4, -0.2) is 33.8 Å². The van der Waals surface area contributed by atoms with Crippen molar-refractivity contribution in [1.82, 2.24) is 19.7 Å². The fourth-order valence-corrected chi connectivity index (χ4v) is 3.22. The van der Waals surface area contributed by atoms with Crippen LogP contribution >= 0.6 is 11.3 Å². The minimum absolute atomic E-state index is 0.824. The molecule has 0 aliphatic carbocycles. The third-order valence-corrected chi connectivity index (χ3v) is 4.22. The Bertz CT molecular complexity index is 754. The molecular weight excluding hydrogens is 268 g/mol. The summed E-state index contributed by atoms with van der Waals surface area (Å²) in [5, 5.41) is 7.75. The summed E-state index contributed by atoms with van der Waals surface area (Å²) < 4.78 is 1.82. The third kappa shape index (κ3) is 2.46. The fraction of sp³-hybridized carbons (Fsp3) is 0.333. The normalized spacial score (nSPS) is 11.7. The van der Waals surface area contributed by atoms with Gasteiger partial charge in [-0.3, -0.25) is 4.68 Å². The Morgan fingerprint density at radius 2 is 2.10 bits per heavy atom. The maximum absolute atomic E-state index is 4.68. The summed E-state index contributed by atoms with van der Waals surface area (Å²) in [6.45, 7) is 3.07. The predicted octanol–water partition coefficient (Wildman–Crippen LogP) is 3.07. The lowest BCUT2D eigenvalue weighted by atomic mass is 10.1. The van der Waals surface area contributed by atoms with Gasteiger partial charge in [-0.2, -0.15) is 5.10 Å². The number of aryl methyl sites for hydroxylation is 2. The molecule has 0 saturated heterocycles. The van der Waals surface area contributed by atoms with E-state index in [1.54, 1.807) is 11.3 Å². The quantitative estimate of drug-likeness (QED) is 0.742. The Balaban J connectivity index is 2.03. The van der Waals surface area contributed by atoms with Gasteiger partial charge in [-0.05, 0) is 49.7 Å². The maximum atomic E-state index is 4.68. The van der Waals surface area contributed by atoms with E-state index in [-0.39, 0.29) is 0 Å². The van der Waals surface area contributed by atoms with Crippen LogP contribution in [-0.2, 0) is 13.6 Å². The van der Waals surface area contributed by atoms with Gasteiger partial charge in [0.25, 0.3) is 0 Å². The molecule has 4 nitrogen and oxygen atoms in total. The van der Waals surface area contributed by atoms with Crippen molar-refractivity contribution < 1.29 is 0 Å². The van der Waals surface area contributed by atoms with Crippen LogP contribution < -0.4 is 0 Å². The summed E-state index contributed by atoms with van der Waals surface area (Å²) in [6, 6.07) is 4.37. The summed E-state index contributed by atoms with van der Waals surface area (Å²) in [6.07, 6.45) is 2.02. The number of nitrogens with zero attached hydrogens (tertiary/aromatic N) is 4. The Morgan fingerprint density at radius 1 is 1.30 bits per heavy atom. The molecule has 20 heavy (non-hydrogen) atoms. The van der Waals surface area contributed by atoms with Gasteiger partial charge in [-0.1, -0.05) is 0 Å². The molecule has 3 aromatic rings. The summed E-state index contributed by atoms with van der Waals surface area (Å²) in [5.74, 6) is 0. The lowest BCUT2D eigenvalue weighted by Crippen LogP contribution is -2.09. The van der Waals surface area contributed by atoms with Gasteiger partial charge in [-0.25, -0.2) is 4.98 Å². The molecule has 0 amide bonds. The van der Waals surface area contributed by atoms with Gasteiger partial charge >= 0.3 is 0 Å². The highest BCUT2D eigenvalue weighted by Gasteiger charge is 2.10. The summed E-state index contributed by atoms with van der Waals surface area (Å²) in [5.41, 5.74) is 4.39. The van der Waals surface area contributed by atoms with E-state index in [1.165, 1.54) is 16.0 Å². The number of fused-ring (bicyclic) bond motifs is 1. The fourth-order valence-electron chi connectivity index (χ4n) is 2.35. The minimum Gasteiger partial charge on any atom is -0.305 e. The van der Waals surface area contributed by atoms with Crippen molar-refractivity contribution in [2.24, 2.45) is 7.05 Å². The first kappa shape index (κ1) is 13.3. The van der Waals surface area contributed by atoms with Gasteiger partial charge in [0.15, 0.2) is 5.65 Å². The molecular formula is C15H18N4S. The molecule has 3 heterocycles.